The quantitative estimate of drug-likeness (QED) is 0.774. The number of carbonyl (C=O) groups excluding carboxylic acids is 2. The summed E-state index contributed by atoms with van der Waals surface area (Å²) >= 11 is 0. The molecule has 30 heavy (non-hydrogen) atoms. The topological polar surface area (TPSA) is 76.5 Å². The number of hydrogen-bond donors (Lipinski definition) is 1. The number of carbonyl (C=O) groups is 2. The van der Waals surface area contributed by atoms with E-state index in [1.54, 1.807) is 6.20 Å². The van der Waals surface area contributed by atoms with Crippen LogP contribution in [-0.4, -0.2) is 52.6 Å². The number of nitrogens with zero attached hydrogens (tertiary/aromatic N) is 3. The normalized spacial score (nSPS) is 15.1. The van der Waals surface area contributed by atoms with Crippen molar-refractivity contribution in [2.75, 3.05) is 19.7 Å². The molecule has 1 aliphatic heterocycles. The predicted molar refractivity (Wildman–Crippen MR) is 101 cm³/mol. The van der Waals surface area contributed by atoms with E-state index in [0.717, 1.165) is 11.1 Å². The average Bonchev–Trinajstić information content (AvgIpc) is 3.24. The van der Waals surface area contributed by atoms with Crippen LogP contribution in [0.15, 0.2) is 42.7 Å². The van der Waals surface area contributed by atoms with E-state index >= 15 is 0 Å². The second-order valence-corrected chi connectivity index (χ2v) is 7.17. The SMILES string of the molecule is O=C(NCc1ccc(Cn2cccn2)cc1)C1CCN(C(=O)OCC(F)(F)F)CC1. The van der Waals surface area contributed by atoms with Crippen molar-refractivity contribution in [3.63, 3.8) is 0 Å². The number of piperidine rings is 1. The minimum Gasteiger partial charge on any atom is -0.440 e. The van der Waals surface area contributed by atoms with Gasteiger partial charge in [0.25, 0.3) is 0 Å². The lowest BCUT2D eigenvalue weighted by molar-refractivity contribution is -0.162. The number of halogens is 3. The fourth-order valence-electron chi connectivity index (χ4n) is 3.24. The first kappa shape index (κ1) is 21.7. The van der Waals surface area contributed by atoms with Crippen LogP contribution in [0.25, 0.3) is 0 Å². The number of rotatable bonds is 6. The van der Waals surface area contributed by atoms with E-state index in [1.807, 2.05) is 41.2 Å². The van der Waals surface area contributed by atoms with Crippen molar-refractivity contribution >= 4 is 12.0 Å². The molecule has 7 nitrogen and oxygen atoms in total. The smallest absolute Gasteiger partial charge is 0.422 e. The minimum absolute atomic E-state index is 0.126. The van der Waals surface area contributed by atoms with Gasteiger partial charge in [0.15, 0.2) is 6.61 Å². The van der Waals surface area contributed by atoms with Crippen LogP contribution in [0, 0.1) is 5.92 Å². The van der Waals surface area contributed by atoms with Crippen molar-refractivity contribution < 1.29 is 27.5 Å². The van der Waals surface area contributed by atoms with Gasteiger partial charge in [0.2, 0.25) is 5.91 Å². The number of amides is 2. The highest BCUT2D eigenvalue weighted by molar-refractivity contribution is 5.79. The first-order chi connectivity index (χ1) is 14.3. The molecule has 1 saturated heterocycles. The van der Waals surface area contributed by atoms with Gasteiger partial charge in [-0.05, 0) is 30.0 Å². The van der Waals surface area contributed by atoms with Crippen LogP contribution < -0.4 is 5.32 Å². The molecule has 0 bridgehead atoms. The van der Waals surface area contributed by atoms with E-state index < -0.39 is 18.9 Å². The standard InChI is InChI=1S/C20H23F3N4O3/c21-20(22,23)14-30-19(29)26-10-6-17(7-11-26)18(28)24-12-15-2-4-16(5-3-15)13-27-9-1-8-25-27/h1-5,8-9,17H,6-7,10-14H2,(H,24,28). The van der Waals surface area contributed by atoms with Gasteiger partial charge < -0.3 is 15.0 Å². The van der Waals surface area contributed by atoms with Crippen molar-refractivity contribution in [2.45, 2.75) is 32.1 Å². The summed E-state index contributed by atoms with van der Waals surface area (Å²) in [6.45, 7) is -0.168. The van der Waals surface area contributed by atoms with Gasteiger partial charge in [-0.1, -0.05) is 24.3 Å². The van der Waals surface area contributed by atoms with Crippen LogP contribution in [-0.2, 0) is 22.6 Å². The summed E-state index contributed by atoms with van der Waals surface area (Å²) in [7, 11) is 0. The Kier molecular flexibility index (Phi) is 6.96. The molecule has 0 saturated carbocycles. The molecule has 1 N–H and O–H groups in total. The molecule has 0 radical (unpaired) electrons. The zero-order valence-electron chi connectivity index (χ0n) is 16.3. The molecular weight excluding hydrogens is 401 g/mol. The first-order valence-electron chi connectivity index (χ1n) is 9.61. The van der Waals surface area contributed by atoms with E-state index in [4.69, 9.17) is 0 Å². The number of nitrogens with one attached hydrogen (secondary N) is 1. The molecule has 1 fully saturated rings. The molecule has 2 heterocycles. The predicted octanol–water partition coefficient (Wildman–Crippen LogP) is 2.96. The lowest BCUT2D eigenvalue weighted by atomic mass is 9.96. The Bertz CT molecular complexity index is 830. The minimum atomic E-state index is -4.55. The first-order valence-corrected chi connectivity index (χ1v) is 9.61. The summed E-state index contributed by atoms with van der Waals surface area (Å²) in [6, 6.07) is 9.71. The molecule has 2 aromatic rings. The lowest BCUT2D eigenvalue weighted by Crippen LogP contribution is -2.43. The molecule has 0 spiro atoms. The summed E-state index contributed by atoms with van der Waals surface area (Å²) in [5.41, 5.74) is 2.05. The van der Waals surface area contributed by atoms with E-state index in [-0.39, 0.29) is 24.9 Å². The lowest BCUT2D eigenvalue weighted by Gasteiger charge is -2.30. The van der Waals surface area contributed by atoms with Crippen molar-refractivity contribution in [1.29, 1.82) is 0 Å². The highest BCUT2D eigenvalue weighted by Crippen LogP contribution is 2.20. The Labute approximate surface area is 171 Å². The van der Waals surface area contributed by atoms with Crippen molar-refractivity contribution in [2.24, 2.45) is 5.92 Å². The molecule has 1 aromatic carbocycles. The second-order valence-electron chi connectivity index (χ2n) is 7.17. The van der Waals surface area contributed by atoms with Gasteiger partial charge in [0.05, 0.1) is 6.54 Å². The highest BCUT2D eigenvalue weighted by atomic mass is 19.4. The summed E-state index contributed by atoms with van der Waals surface area (Å²) in [5, 5.41) is 7.04. The third-order valence-corrected chi connectivity index (χ3v) is 4.88. The van der Waals surface area contributed by atoms with E-state index in [0.29, 0.717) is 25.9 Å². The molecular formula is C20H23F3N4O3. The zero-order valence-corrected chi connectivity index (χ0v) is 16.3. The largest absolute Gasteiger partial charge is 0.440 e. The van der Waals surface area contributed by atoms with Crippen LogP contribution in [0.5, 0.6) is 0 Å². The van der Waals surface area contributed by atoms with Crippen molar-refractivity contribution in [3.05, 3.63) is 53.9 Å². The summed E-state index contributed by atoms with van der Waals surface area (Å²) in [4.78, 5) is 25.2. The number of ether oxygens (including phenoxy) is 1. The highest BCUT2D eigenvalue weighted by Gasteiger charge is 2.32. The molecule has 1 aromatic heterocycles. The zero-order chi connectivity index (χ0) is 21.6. The molecule has 3 rings (SSSR count). The van der Waals surface area contributed by atoms with Crippen molar-refractivity contribution in [3.8, 4) is 0 Å². The third kappa shape index (κ3) is 6.50. The van der Waals surface area contributed by atoms with Crippen LogP contribution >= 0.6 is 0 Å². The van der Waals surface area contributed by atoms with Gasteiger partial charge in [-0.15, -0.1) is 0 Å². The van der Waals surface area contributed by atoms with Crippen molar-refractivity contribution in [1.82, 2.24) is 20.0 Å². The van der Waals surface area contributed by atoms with E-state index in [9.17, 15) is 22.8 Å². The maximum Gasteiger partial charge on any atom is 0.422 e. The van der Waals surface area contributed by atoms with Gasteiger partial charge in [-0.25, -0.2) is 4.79 Å². The van der Waals surface area contributed by atoms with Crippen LogP contribution in [0.4, 0.5) is 18.0 Å². The van der Waals surface area contributed by atoms with Gasteiger partial charge in [-0.2, -0.15) is 18.3 Å². The number of alkyl halides is 3. The van der Waals surface area contributed by atoms with Gasteiger partial charge in [-0.3, -0.25) is 9.48 Å². The molecule has 1 aliphatic rings. The Hall–Kier alpha value is -3.04. The van der Waals surface area contributed by atoms with Crippen LogP contribution in [0.1, 0.15) is 24.0 Å². The Morgan fingerprint density at radius 1 is 1.13 bits per heavy atom. The number of aromatic nitrogens is 2. The number of benzene rings is 1. The van der Waals surface area contributed by atoms with E-state index in [1.165, 1.54) is 4.90 Å². The summed E-state index contributed by atoms with van der Waals surface area (Å²) in [5.74, 6) is -0.408. The van der Waals surface area contributed by atoms with Gasteiger partial charge >= 0.3 is 12.3 Å². The maximum absolute atomic E-state index is 12.4. The average molecular weight is 424 g/mol. The molecule has 0 aliphatic carbocycles. The third-order valence-electron chi connectivity index (χ3n) is 4.88. The van der Waals surface area contributed by atoms with Gasteiger partial charge in [0, 0.05) is 37.9 Å². The Morgan fingerprint density at radius 3 is 2.40 bits per heavy atom. The van der Waals surface area contributed by atoms with E-state index in [2.05, 4.69) is 15.2 Å². The molecule has 0 unspecified atom stereocenters. The fraction of sp³-hybridized carbons (Fsp3) is 0.450. The molecule has 0 atom stereocenters. The van der Waals surface area contributed by atoms with Crippen LogP contribution in [0.2, 0.25) is 0 Å². The summed E-state index contributed by atoms with van der Waals surface area (Å²) in [6.07, 6.45) is -1.17. The number of hydrogen-bond acceptors (Lipinski definition) is 4. The Morgan fingerprint density at radius 2 is 1.80 bits per heavy atom. The maximum atomic E-state index is 12.4. The Balaban J connectivity index is 1.39. The molecule has 2 amide bonds. The van der Waals surface area contributed by atoms with Crippen LogP contribution in [0.3, 0.4) is 0 Å². The molecule has 10 heteroatoms. The summed E-state index contributed by atoms with van der Waals surface area (Å²) < 4.78 is 42.5. The molecule has 162 valence electrons. The fourth-order valence-corrected chi connectivity index (χ4v) is 3.24. The second kappa shape index (κ2) is 9.64. The monoisotopic (exact) mass is 424 g/mol. The number of likely N-dealkylation sites (tertiary alicyclic amines) is 1. The van der Waals surface area contributed by atoms with Gasteiger partial charge in [0.1, 0.15) is 0 Å².